The van der Waals surface area contributed by atoms with Gasteiger partial charge in [0.15, 0.2) is 0 Å². The lowest BCUT2D eigenvalue weighted by Gasteiger charge is -2.11. The van der Waals surface area contributed by atoms with Gasteiger partial charge in [-0.25, -0.2) is 9.89 Å². The summed E-state index contributed by atoms with van der Waals surface area (Å²) in [4.78, 5) is 43.3. The van der Waals surface area contributed by atoms with Crippen molar-refractivity contribution < 1.29 is 24.6 Å². The normalized spacial score (nSPS) is 11.6. The Morgan fingerprint density at radius 3 is 2.44 bits per heavy atom. The number of carboxylic acid groups (broad SMARTS) is 2. The summed E-state index contributed by atoms with van der Waals surface area (Å²) in [7, 11) is 0. The van der Waals surface area contributed by atoms with E-state index in [0.29, 0.717) is 0 Å². The van der Waals surface area contributed by atoms with Crippen LogP contribution in [0.1, 0.15) is 16.9 Å². The number of rotatable bonds is 5. The Hall–Kier alpha value is -2.71. The first kappa shape index (κ1) is 13.4. The average molecular weight is 255 g/mol. The van der Waals surface area contributed by atoms with E-state index in [1.165, 1.54) is 0 Å². The fraction of sp³-hybridized carbons (Fsp3) is 0.222. The Balaban J connectivity index is 2.78. The van der Waals surface area contributed by atoms with E-state index in [2.05, 4.69) is 5.10 Å². The van der Waals surface area contributed by atoms with E-state index in [1.54, 1.807) is 0 Å². The number of H-pyrrole nitrogens is 1. The third kappa shape index (κ3) is 3.70. The van der Waals surface area contributed by atoms with Crippen molar-refractivity contribution in [3.63, 3.8) is 0 Å². The Labute approximate surface area is 99.4 Å². The summed E-state index contributed by atoms with van der Waals surface area (Å²) >= 11 is 0. The molecule has 0 aromatic carbocycles. The van der Waals surface area contributed by atoms with Gasteiger partial charge in [-0.3, -0.25) is 14.4 Å². The zero-order valence-corrected chi connectivity index (χ0v) is 8.91. The maximum Gasteiger partial charge on any atom is 0.326 e. The number of aliphatic carboxylic acids is 2. The number of carbonyl (C=O) groups is 3. The maximum atomic E-state index is 11.5. The van der Waals surface area contributed by atoms with Crippen LogP contribution in [-0.4, -0.2) is 44.3 Å². The number of amides is 1. The summed E-state index contributed by atoms with van der Waals surface area (Å²) in [6, 6.07) is 0.562. The van der Waals surface area contributed by atoms with Crippen LogP contribution < -0.4 is 10.9 Å². The van der Waals surface area contributed by atoms with Gasteiger partial charge in [0.2, 0.25) is 0 Å². The third-order valence-corrected chi connectivity index (χ3v) is 1.89. The average Bonchev–Trinajstić information content (AvgIpc) is 2.28. The Morgan fingerprint density at radius 2 is 2.00 bits per heavy atom. The molecule has 1 aromatic heterocycles. The Kier molecular flexibility index (Phi) is 4.13. The fourth-order valence-corrected chi connectivity index (χ4v) is 1.08. The van der Waals surface area contributed by atoms with Crippen LogP contribution in [0.15, 0.2) is 16.9 Å². The monoisotopic (exact) mass is 255 g/mol. The summed E-state index contributed by atoms with van der Waals surface area (Å²) in [5.41, 5.74) is -0.738. The van der Waals surface area contributed by atoms with Crippen LogP contribution in [0.3, 0.4) is 0 Å². The van der Waals surface area contributed by atoms with Gasteiger partial charge < -0.3 is 15.5 Å². The molecule has 0 aliphatic heterocycles. The number of hydrogen-bond acceptors (Lipinski definition) is 5. The van der Waals surface area contributed by atoms with Gasteiger partial charge in [0.1, 0.15) is 11.7 Å². The highest BCUT2D eigenvalue weighted by Gasteiger charge is 2.24. The lowest BCUT2D eigenvalue weighted by Crippen LogP contribution is -2.42. The van der Waals surface area contributed by atoms with Crippen LogP contribution in [0.2, 0.25) is 0 Å². The van der Waals surface area contributed by atoms with Crippen molar-refractivity contribution in [1.82, 2.24) is 15.5 Å². The third-order valence-electron chi connectivity index (χ3n) is 1.89. The first-order chi connectivity index (χ1) is 8.40. The van der Waals surface area contributed by atoms with Gasteiger partial charge >= 0.3 is 11.9 Å². The molecule has 1 atom stereocenters. The predicted octanol–water partition coefficient (Wildman–Crippen LogP) is -1.57. The van der Waals surface area contributed by atoms with E-state index in [4.69, 9.17) is 10.2 Å². The minimum atomic E-state index is -1.57. The molecule has 1 amide bonds. The first-order valence-electron chi connectivity index (χ1n) is 4.71. The van der Waals surface area contributed by atoms with Crippen molar-refractivity contribution >= 4 is 17.8 Å². The maximum absolute atomic E-state index is 11.5. The summed E-state index contributed by atoms with van der Waals surface area (Å²) < 4.78 is 0. The van der Waals surface area contributed by atoms with Crippen molar-refractivity contribution in [1.29, 1.82) is 0 Å². The van der Waals surface area contributed by atoms with E-state index in [1.807, 2.05) is 10.4 Å². The van der Waals surface area contributed by atoms with Crippen molar-refractivity contribution in [3.8, 4) is 0 Å². The lowest BCUT2D eigenvalue weighted by atomic mass is 10.2. The van der Waals surface area contributed by atoms with Crippen LogP contribution in [0.25, 0.3) is 0 Å². The zero-order chi connectivity index (χ0) is 13.7. The van der Waals surface area contributed by atoms with E-state index in [-0.39, 0.29) is 5.69 Å². The number of carboxylic acids is 2. The highest BCUT2D eigenvalue weighted by atomic mass is 16.4. The molecule has 9 nitrogen and oxygen atoms in total. The topological polar surface area (TPSA) is 149 Å². The number of hydrogen-bond donors (Lipinski definition) is 4. The number of nitrogens with zero attached hydrogens (tertiary/aromatic N) is 1. The number of carbonyl (C=O) groups excluding carboxylic acids is 1. The second-order valence-corrected chi connectivity index (χ2v) is 3.27. The molecule has 0 aliphatic rings. The molecule has 18 heavy (non-hydrogen) atoms. The van der Waals surface area contributed by atoms with Gasteiger partial charge in [-0.05, 0) is 6.07 Å². The van der Waals surface area contributed by atoms with E-state index in [0.717, 1.165) is 12.1 Å². The van der Waals surface area contributed by atoms with Crippen LogP contribution in [0.5, 0.6) is 0 Å². The molecule has 0 radical (unpaired) electrons. The van der Waals surface area contributed by atoms with Crippen LogP contribution in [0.4, 0.5) is 0 Å². The van der Waals surface area contributed by atoms with Gasteiger partial charge in [-0.15, -0.1) is 0 Å². The predicted molar refractivity (Wildman–Crippen MR) is 56.0 cm³/mol. The highest BCUT2D eigenvalue weighted by Crippen LogP contribution is 1.96. The molecule has 1 rings (SSSR count). The Morgan fingerprint density at radius 1 is 1.33 bits per heavy atom. The molecule has 1 aromatic rings. The van der Waals surface area contributed by atoms with Crippen LogP contribution in [-0.2, 0) is 9.59 Å². The van der Waals surface area contributed by atoms with Crippen molar-refractivity contribution in [2.24, 2.45) is 0 Å². The van der Waals surface area contributed by atoms with Gasteiger partial charge in [0.25, 0.3) is 11.5 Å². The molecule has 0 saturated heterocycles. The molecule has 0 spiro atoms. The second kappa shape index (κ2) is 5.57. The summed E-state index contributed by atoms with van der Waals surface area (Å²) in [5, 5.41) is 24.5. The second-order valence-electron chi connectivity index (χ2n) is 3.27. The van der Waals surface area contributed by atoms with Crippen molar-refractivity contribution in [2.75, 3.05) is 0 Å². The van der Waals surface area contributed by atoms with Gasteiger partial charge in [0, 0.05) is 6.07 Å². The minimum Gasteiger partial charge on any atom is -0.481 e. The molecular formula is C9H9N3O6. The SMILES string of the molecule is O=C(O)CC(NC(=O)c1ccc(=O)[nH]n1)C(=O)O. The molecule has 1 heterocycles. The van der Waals surface area contributed by atoms with E-state index < -0.39 is 35.9 Å². The standard InChI is InChI=1S/C9H9N3O6/c13-6-2-1-4(11-12-6)8(16)10-5(9(17)18)3-7(14)15/h1-2,5H,3H2,(H,10,16)(H,12,13)(H,14,15)(H,17,18). The quantitative estimate of drug-likeness (QED) is 0.496. The molecule has 4 N–H and O–H groups in total. The number of aromatic amines is 1. The molecule has 0 saturated carbocycles. The fourth-order valence-electron chi connectivity index (χ4n) is 1.08. The largest absolute Gasteiger partial charge is 0.481 e. The van der Waals surface area contributed by atoms with E-state index >= 15 is 0 Å². The zero-order valence-electron chi connectivity index (χ0n) is 8.91. The minimum absolute atomic E-state index is 0.216. The molecule has 9 heteroatoms. The van der Waals surface area contributed by atoms with Crippen molar-refractivity contribution in [2.45, 2.75) is 12.5 Å². The van der Waals surface area contributed by atoms with Crippen molar-refractivity contribution in [3.05, 3.63) is 28.2 Å². The first-order valence-corrected chi connectivity index (χ1v) is 4.71. The smallest absolute Gasteiger partial charge is 0.326 e. The summed E-state index contributed by atoms with van der Waals surface area (Å²) in [6.45, 7) is 0. The lowest BCUT2D eigenvalue weighted by molar-refractivity contribution is -0.145. The molecular weight excluding hydrogens is 246 g/mol. The molecule has 0 fully saturated rings. The highest BCUT2D eigenvalue weighted by molar-refractivity contribution is 5.95. The number of aromatic nitrogens is 2. The molecule has 1 unspecified atom stereocenters. The van der Waals surface area contributed by atoms with Gasteiger partial charge in [-0.2, -0.15) is 5.10 Å². The molecule has 0 aliphatic carbocycles. The summed E-state index contributed by atoms with van der Waals surface area (Å²) in [5.74, 6) is -3.73. The van der Waals surface area contributed by atoms with E-state index in [9.17, 15) is 19.2 Å². The Bertz CT molecular complexity index is 517. The molecule has 96 valence electrons. The van der Waals surface area contributed by atoms with Gasteiger partial charge in [-0.1, -0.05) is 0 Å². The number of nitrogens with one attached hydrogen (secondary N) is 2. The van der Waals surface area contributed by atoms with Crippen LogP contribution >= 0.6 is 0 Å². The van der Waals surface area contributed by atoms with Gasteiger partial charge in [0.05, 0.1) is 6.42 Å². The summed E-state index contributed by atoms with van der Waals surface area (Å²) in [6.07, 6.45) is -0.759. The van der Waals surface area contributed by atoms with Crippen LogP contribution in [0, 0.1) is 0 Å². The molecule has 0 bridgehead atoms.